The first kappa shape index (κ1) is 27.4. The molecule has 0 atom stereocenters. The van der Waals surface area contributed by atoms with Crippen molar-refractivity contribution in [2.75, 3.05) is 26.2 Å². The van der Waals surface area contributed by atoms with Gasteiger partial charge in [0.05, 0.1) is 0 Å². The minimum absolute atomic E-state index is 0. The molecule has 0 aromatic rings. The molecule has 0 saturated heterocycles. The van der Waals surface area contributed by atoms with Crippen LogP contribution in [0.3, 0.4) is 0 Å². The highest BCUT2D eigenvalue weighted by molar-refractivity contribution is 5.85. The standard InChI is InChI=1S/2C5H14N4.2ClH/c2*6-3-1-2-4-9-5(7)8;;/h2*1-4,6H2,(H4,7,8,9);2*1H. The van der Waals surface area contributed by atoms with E-state index in [-0.39, 0.29) is 36.7 Å². The molecule has 10 heteroatoms. The van der Waals surface area contributed by atoms with Crippen molar-refractivity contribution < 1.29 is 0 Å². The Bertz CT molecular complexity index is 203. The first-order valence-electron chi connectivity index (χ1n) is 6.05. The van der Waals surface area contributed by atoms with Crippen molar-refractivity contribution in [1.29, 1.82) is 0 Å². The molecule has 0 bridgehead atoms. The van der Waals surface area contributed by atoms with Crippen LogP contribution in [0.5, 0.6) is 0 Å². The molecule has 0 amide bonds. The highest BCUT2D eigenvalue weighted by Gasteiger charge is 1.83. The minimum atomic E-state index is 0. The van der Waals surface area contributed by atoms with Crippen LogP contribution in [0.4, 0.5) is 0 Å². The highest BCUT2D eigenvalue weighted by atomic mass is 35.5. The lowest BCUT2D eigenvalue weighted by Gasteiger charge is -1.92. The van der Waals surface area contributed by atoms with Gasteiger partial charge in [-0.05, 0) is 38.8 Å². The normalized spacial score (nSPS) is 8.10. The Labute approximate surface area is 133 Å². The summed E-state index contributed by atoms with van der Waals surface area (Å²) >= 11 is 0. The molecule has 0 saturated carbocycles. The van der Waals surface area contributed by atoms with Crippen LogP contribution in [-0.2, 0) is 0 Å². The Hall–Kier alpha value is -0.960. The number of hydrogen-bond acceptors (Lipinski definition) is 4. The van der Waals surface area contributed by atoms with Gasteiger partial charge in [-0.25, -0.2) is 0 Å². The van der Waals surface area contributed by atoms with Gasteiger partial charge in [0.2, 0.25) is 0 Å². The summed E-state index contributed by atoms with van der Waals surface area (Å²) in [7, 11) is 0. The Morgan fingerprint density at radius 3 is 1.10 bits per heavy atom. The minimum Gasteiger partial charge on any atom is -0.370 e. The van der Waals surface area contributed by atoms with Gasteiger partial charge in [-0.15, -0.1) is 24.8 Å². The molecular formula is C10H30Cl2N8. The van der Waals surface area contributed by atoms with Gasteiger partial charge in [0.15, 0.2) is 11.9 Å². The van der Waals surface area contributed by atoms with Gasteiger partial charge in [0.25, 0.3) is 0 Å². The molecule has 124 valence electrons. The van der Waals surface area contributed by atoms with Gasteiger partial charge >= 0.3 is 0 Å². The van der Waals surface area contributed by atoms with Gasteiger partial charge in [-0.3, -0.25) is 9.98 Å². The fourth-order valence-electron chi connectivity index (χ4n) is 0.929. The monoisotopic (exact) mass is 332 g/mol. The van der Waals surface area contributed by atoms with Gasteiger partial charge < -0.3 is 34.4 Å². The summed E-state index contributed by atoms with van der Waals surface area (Å²) in [5, 5.41) is 0. The van der Waals surface area contributed by atoms with E-state index in [9.17, 15) is 0 Å². The number of aliphatic imine (C=N–C) groups is 2. The molecule has 0 aliphatic heterocycles. The van der Waals surface area contributed by atoms with E-state index in [1.807, 2.05) is 0 Å². The van der Waals surface area contributed by atoms with Gasteiger partial charge in [-0.2, -0.15) is 0 Å². The topological polar surface area (TPSA) is 181 Å². The van der Waals surface area contributed by atoms with Crippen molar-refractivity contribution in [1.82, 2.24) is 0 Å². The molecule has 0 radical (unpaired) electrons. The van der Waals surface area contributed by atoms with Crippen molar-refractivity contribution >= 4 is 36.7 Å². The van der Waals surface area contributed by atoms with Crippen LogP contribution < -0.4 is 34.4 Å². The predicted molar refractivity (Wildman–Crippen MR) is 92.4 cm³/mol. The van der Waals surface area contributed by atoms with Crippen LogP contribution in [-0.4, -0.2) is 38.1 Å². The van der Waals surface area contributed by atoms with Crippen LogP contribution in [0.2, 0.25) is 0 Å². The summed E-state index contributed by atoms with van der Waals surface area (Å²) in [5.41, 5.74) is 30.8. The number of halogens is 2. The SMILES string of the molecule is Cl.Cl.NCCCCN=C(N)N.NCCCCN=C(N)N. The zero-order valence-electron chi connectivity index (χ0n) is 11.8. The summed E-state index contributed by atoms with van der Waals surface area (Å²) in [5.74, 6) is 0.319. The van der Waals surface area contributed by atoms with E-state index < -0.39 is 0 Å². The quantitative estimate of drug-likeness (QED) is 0.185. The number of unbranched alkanes of at least 4 members (excludes halogenated alkanes) is 2. The molecule has 0 fully saturated rings. The first-order chi connectivity index (χ1) is 8.54. The number of nitrogens with zero attached hydrogens (tertiary/aromatic N) is 2. The molecule has 0 aliphatic carbocycles. The molecule has 0 aromatic heterocycles. The lowest BCUT2D eigenvalue weighted by atomic mass is 10.3. The van der Waals surface area contributed by atoms with E-state index >= 15 is 0 Å². The summed E-state index contributed by atoms with van der Waals surface area (Å²) < 4.78 is 0. The van der Waals surface area contributed by atoms with E-state index in [4.69, 9.17) is 34.4 Å². The summed E-state index contributed by atoms with van der Waals surface area (Å²) in [6.07, 6.45) is 3.90. The number of nitrogens with two attached hydrogens (primary N) is 6. The second-order valence-corrected chi connectivity index (χ2v) is 3.60. The van der Waals surface area contributed by atoms with Gasteiger partial charge in [-0.1, -0.05) is 0 Å². The molecule has 0 unspecified atom stereocenters. The fourth-order valence-corrected chi connectivity index (χ4v) is 0.929. The third kappa shape index (κ3) is 36.0. The summed E-state index contributed by atoms with van der Waals surface area (Å²) in [6, 6.07) is 0. The van der Waals surface area contributed by atoms with Gasteiger partial charge in [0.1, 0.15) is 0 Å². The fraction of sp³-hybridized carbons (Fsp3) is 0.800. The zero-order valence-corrected chi connectivity index (χ0v) is 13.5. The van der Waals surface area contributed by atoms with E-state index in [1.165, 1.54) is 0 Å². The Morgan fingerprint density at radius 2 is 0.900 bits per heavy atom. The van der Waals surface area contributed by atoms with Gasteiger partial charge in [0, 0.05) is 13.1 Å². The second-order valence-electron chi connectivity index (χ2n) is 3.60. The molecule has 12 N–H and O–H groups in total. The van der Waals surface area contributed by atoms with Crippen LogP contribution in [0.1, 0.15) is 25.7 Å². The molecule has 0 aromatic carbocycles. The summed E-state index contributed by atoms with van der Waals surface area (Å²) in [4.78, 5) is 7.56. The van der Waals surface area contributed by atoms with Crippen LogP contribution in [0.15, 0.2) is 9.98 Å². The maximum Gasteiger partial charge on any atom is 0.185 e. The van der Waals surface area contributed by atoms with Crippen molar-refractivity contribution in [2.24, 2.45) is 44.4 Å². The average Bonchev–Trinajstić information content (AvgIpc) is 2.31. The molecule has 20 heavy (non-hydrogen) atoms. The molecule has 0 heterocycles. The molecule has 0 spiro atoms. The Balaban J connectivity index is -0.000000116. The van der Waals surface area contributed by atoms with Crippen LogP contribution >= 0.6 is 24.8 Å². The van der Waals surface area contributed by atoms with Crippen LogP contribution in [0, 0.1) is 0 Å². The summed E-state index contributed by atoms with van der Waals surface area (Å²) in [6.45, 7) is 2.80. The largest absolute Gasteiger partial charge is 0.370 e. The number of hydrogen-bond donors (Lipinski definition) is 6. The average molecular weight is 333 g/mol. The van der Waals surface area contributed by atoms with E-state index in [0.29, 0.717) is 26.2 Å². The molecular weight excluding hydrogens is 303 g/mol. The lowest BCUT2D eigenvalue weighted by Crippen LogP contribution is -2.23. The Kier molecular flexibility index (Phi) is 31.7. The predicted octanol–water partition coefficient (Wildman–Crippen LogP) is -1.16. The zero-order chi connectivity index (χ0) is 14.2. The van der Waals surface area contributed by atoms with Crippen molar-refractivity contribution in [3.05, 3.63) is 0 Å². The third-order valence-electron chi connectivity index (χ3n) is 1.81. The second kappa shape index (κ2) is 23.2. The maximum atomic E-state index is 5.23. The third-order valence-corrected chi connectivity index (χ3v) is 1.81. The Morgan fingerprint density at radius 1 is 0.600 bits per heavy atom. The number of rotatable bonds is 8. The molecule has 8 nitrogen and oxygen atoms in total. The van der Waals surface area contributed by atoms with E-state index in [0.717, 1.165) is 25.7 Å². The lowest BCUT2D eigenvalue weighted by molar-refractivity contribution is 0.755. The highest BCUT2D eigenvalue weighted by Crippen LogP contribution is 1.85. The smallest absolute Gasteiger partial charge is 0.185 e. The number of guanidine groups is 2. The molecule has 0 rings (SSSR count). The first-order valence-corrected chi connectivity index (χ1v) is 6.05. The van der Waals surface area contributed by atoms with Crippen molar-refractivity contribution in [2.45, 2.75) is 25.7 Å². The van der Waals surface area contributed by atoms with E-state index in [2.05, 4.69) is 9.98 Å². The van der Waals surface area contributed by atoms with Crippen molar-refractivity contribution in [3.63, 3.8) is 0 Å². The van der Waals surface area contributed by atoms with Crippen LogP contribution in [0.25, 0.3) is 0 Å². The maximum absolute atomic E-state index is 5.23. The van der Waals surface area contributed by atoms with Crippen molar-refractivity contribution in [3.8, 4) is 0 Å². The molecule has 0 aliphatic rings. The van der Waals surface area contributed by atoms with E-state index in [1.54, 1.807) is 0 Å².